The number of piperidine rings is 1. The van der Waals surface area contributed by atoms with E-state index in [0.717, 1.165) is 6.54 Å². The Morgan fingerprint density at radius 1 is 1.00 bits per heavy atom. The summed E-state index contributed by atoms with van der Waals surface area (Å²) >= 11 is 0. The van der Waals surface area contributed by atoms with Gasteiger partial charge in [0, 0.05) is 37.9 Å². The zero-order chi connectivity index (χ0) is 11.7. The van der Waals surface area contributed by atoms with Gasteiger partial charge in [0.15, 0.2) is 0 Å². The molecule has 0 aliphatic carbocycles. The van der Waals surface area contributed by atoms with Crippen LogP contribution < -0.4 is 15.3 Å². The summed E-state index contributed by atoms with van der Waals surface area (Å²) in [6.07, 6.45) is 5.26. The summed E-state index contributed by atoms with van der Waals surface area (Å²) in [7, 11) is 2.00. The van der Waals surface area contributed by atoms with E-state index in [-0.39, 0.29) is 0 Å². The highest BCUT2D eigenvalue weighted by Crippen LogP contribution is 2.35. The Balaban J connectivity index is 1.93. The number of hydrazine groups is 1. The molecule has 17 heavy (non-hydrogen) atoms. The normalized spacial score (nSPS) is 19.6. The molecule has 0 amide bonds. The van der Waals surface area contributed by atoms with Crippen LogP contribution in [0.1, 0.15) is 24.8 Å². The first-order valence-electron chi connectivity index (χ1n) is 6.72. The summed E-state index contributed by atoms with van der Waals surface area (Å²) < 4.78 is 0. The van der Waals surface area contributed by atoms with Crippen LogP contribution in [0.25, 0.3) is 0 Å². The predicted molar refractivity (Wildman–Crippen MR) is 72.6 cm³/mol. The number of nitrogens with one attached hydrogen (secondary N) is 1. The lowest BCUT2D eigenvalue weighted by Gasteiger charge is -2.30. The van der Waals surface area contributed by atoms with Crippen molar-refractivity contribution >= 4 is 11.4 Å². The van der Waals surface area contributed by atoms with Gasteiger partial charge in [0.25, 0.3) is 0 Å². The van der Waals surface area contributed by atoms with Crippen LogP contribution in [0.5, 0.6) is 0 Å². The second-order valence-corrected chi connectivity index (χ2v) is 4.95. The largest absolute Gasteiger partial charge is 0.371 e. The molecule has 2 aliphatic rings. The number of rotatable bonds is 2. The predicted octanol–water partition coefficient (Wildman–Crippen LogP) is 2.17. The van der Waals surface area contributed by atoms with Crippen LogP contribution >= 0.6 is 0 Å². The molecule has 2 aliphatic heterocycles. The topological polar surface area (TPSA) is 18.5 Å². The molecule has 1 fully saturated rings. The van der Waals surface area contributed by atoms with Gasteiger partial charge in [-0.15, -0.1) is 0 Å². The van der Waals surface area contributed by atoms with E-state index in [2.05, 4.69) is 33.5 Å². The fraction of sp³-hybridized carbons (Fsp3) is 0.571. The van der Waals surface area contributed by atoms with Crippen molar-refractivity contribution in [1.82, 2.24) is 5.43 Å². The van der Waals surface area contributed by atoms with Gasteiger partial charge in [0.05, 0.1) is 5.69 Å². The van der Waals surface area contributed by atoms with E-state index in [0.29, 0.717) is 0 Å². The fourth-order valence-electron chi connectivity index (χ4n) is 3.08. The molecule has 3 heteroatoms. The third kappa shape index (κ3) is 1.89. The van der Waals surface area contributed by atoms with Gasteiger partial charge in [-0.25, -0.2) is 5.43 Å². The zero-order valence-electron chi connectivity index (χ0n) is 10.6. The van der Waals surface area contributed by atoms with Gasteiger partial charge >= 0.3 is 0 Å². The molecule has 1 saturated heterocycles. The summed E-state index contributed by atoms with van der Waals surface area (Å²) in [6, 6.07) is 6.72. The number of anilines is 2. The SMILES string of the molecule is CNN1CCc2c(N3CCCCC3)cccc21. The highest BCUT2D eigenvalue weighted by molar-refractivity contribution is 5.70. The van der Waals surface area contributed by atoms with Crippen molar-refractivity contribution in [3.8, 4) is 0 Å². The lowest BCUT2D eigenvalue weighted by atomic mass is 10.1. The van der Waals surface area contributed by atoms with E-state index >= 15 is 0 Å². The summed E-state index contributed by atoms with van der Waals surface area (Å²) in [5.74, 6) is 0. The molecule has 1 aromatic carbocycles. The van der Waals surface area contributed by atoms with Gasteiger partial charge in [0.1, 0.15) is 0 Å². The fourth-order valence-corrected chi connectivity index (χ4v) is 3.08. The van der Waals surface area contributed by atoms with Crippen LogP contribution in [0.4, 0.5) is 11.4 Å². The lowest BCUT2D eigenvalue weighted by molar-refractivity contribution is 0.577. The first kappa shape index (κ1) is 10.9. The number of hydrogen-bond donors (Lipinski definition) is 1. The van der Waals surface area contributed by atoms with Gasteiger partial charge in [0.2, 0.25) is 0 Å². The third-order valence-corrected chi connectivity index (χ3v) is 3.97. The van der Waals surface area contributed by atoms with Gasteiger partial charge in [-0.2, -0.15) is 0 Å². The molecule has 3 rings (SSSR count). The number of hydrogen-bond acceptors (Lipinski definition) is 3. The molecule has 0 aromatic heterocycles. The standard InChI is InChI=1S/C14H21N3/c1-15-17-11-8-12-13(6-5-7-14(12)17)16-9-3-2-4-10-16/h5-7,15H,2-4,8-11H2,1H3. The molecule has 0 saturated carbocycles. The van der Waals surface area contributed by atoms with E-state index < -0.39 is 0 Å². The van der Waals surface area contributed by atoms with Gasteiger partial charge < -0.3 is 9.91 Å². The van der Waals surface area contributed by atoms with E-state index in [4.69, 9.17) is 0 Å². The number of fused-ring (bicyclic) bond motifs is 1. The summed E-state index contributed by atoms with van der Waals surface area (Å²) in [4.78, 5) is 2.57. The van der Waals surface area contributed by atoms with Crippen molar-refractivity contribution in [3.63, 3.8) is 0 Å². The Kier molecular flexibility index (Phi) is 2.93. The molecule has 0 radical (unpaired) electrons. The monoisotopic (exact) mass is 231 g/mol. The van der Waals surface area contributed by atoms with Gasteiger partial charge in [-0.05, 0) is 37.8 Å². The quantitative estimate of drug-likeness (QED) is 0.841. The van der Waals surface area contributed by atoms with Crippen LogP contribution in [0.3, 0.4) is 0 Å². The van der Waals surface area contributed by atoms with E-state index in [9.17, 15) is 0 Å². The molecule has 2 heterocycles. The summed E-state index contributed by atoms with van der Waals surface area (Å²) in [6.45, 7) is 3.56. The molecule has 92 valence electrons. The zero-order valence-corrected chi connectivity index (χ0v) is 10.6. The molecular weight excluding hydrogens is 210 g/mol. The molecule has 0 atom stereocenters. The summed E-state index contributed by atoms with van der Waals surface area (Å²) in [5, 5.41) is 2.25. The minimum atomic E-state index is 1.09. The molecule has 0 bridgehead atoms. The highest BCUT2D eigenvalue weighted by Gasteiger charge is 2.23. The third-order valence-electron chi connectivity index (χ3n) is 3.97. The van der Waals surface area contributed by atoms with E-state index in [1.807, 2.05) is 7.05 Å². The first-order chi connectivity index (χ1) is 8.40. The molecule has 0 spiro atoms. The number of nitrogens with zero attached hydrogens (tertiary/aromatic N) is 2. The Morgan fingerprint density at radius 2 is 1.76 bits per heavy atom. The Hall–Kier alpha value is -1.22. The second kappa shape index (κ2) is 4.57. The molecule has 1 aromatic rings. The van der Waals surface area contributed by atoms with E-state index in [1.54, 1.807) is 0 Å². The van der Waals surface area contributed by atoms with E-state index in [1.165, 1.54) is 55.7 Å². The minimum Gasteiger partial charge on any atom is -0.371 e. The lowest BCUT2D eigenvalue weighted by Crippen LogP contribution is -2.33. The van der Waals surface area contributed by atoms with Crippen molar-refractivity contribution in [2.45, 2.75) is 25.7 Å². The molecule has 0 unspecified atom stereocenters. The maximum atomic E-state index is 3.27. The van der Waals surface area contributed by atoms with Crippen molar-refractivity contribution in [1.29, 1.82) is 0 Å². The van der Waals surface area contributed by atoms with Crippen LogP contribution in [0.2, 0.25) is 0 Å². The van der Waals surface area contributed by atoms with Crippen LogP contribution in [0, 0.1) is 0 Å². The van der Waals surface area contributed by atoms with Crippen LogP contribution in [-0.2, 0) is 6.42 Å². The van der Waals surface area contributed by atoms with Crippen LogP contribution in [0.15, 0.2) is 18.2 Å². The van der Waals surface area contributed by atoms with Crippen molar-refractivity contribution in [2.75, 3.05) is 36.6 Å². The minimum absolute atomic E-state index is 1.09. The first-order valence-corrected chi connectivity index (χ1v) is 6.72. The average molecular weight is 231 g/mol. The molecule has 3 nitrogen and oxygen atoms in total. The van der Waals surface area contributed by atoms with Crippen molar-refractivity contribution in [3.05, 3.63) is 23.8 Å². The maximum absolute atomic E-state index is 3.27. The molecular formula is C14H21N3. The van der Waals surface area contributed by atoms with Gasteiger partial charge in [-0.1, -0.05) is 6.07 Å². The summed E-state index contributed by atoms with van der Waals surface area (Å²) in [5.41, 5.74) is 7.64. The maximum Gasteiger partial charge on any atom is 0.0573 e. The smallest absolute Gasteiger partial charge is 0.0573 e. The molecule has 1 N–H and O–H groups in total. The highest BCUT2D eigenvalue weighted by atomic mass is 15.5. The van der Waals surface area contributed by atoms with Crippen LogP contribution in [-0.4, -0.2) is 26.7 Å². The number of benzene rings is 1. The van der Waals surface area contributed by atoms with Crippen molar-refractivity contribution in [2.24, 2.45) is 0 Å². The Morgan fingerprint density at radius 3 is 2.53 bits per heavy atom. The average Bonchev–Trinajstić information content (AvgIpc) is 2.82. The van der Waals surface area contributed by atoms with Gasteiger partial charge in [-0.3, -0.25) is 0 Å². The Bertz CT molecular complexity index is 396. The second-order valence-electron chi connectivity index (χ2n) is 4.95. The Labute approximate surface area is 103 Å². The van der Waals surface area contributed by atoms with Crippen molar-refractivity contribution < 1.29 is 0 Å².